The molecule has 0 saturated heterocycles. The highest BCUT2D eigenvalue weighted by Crippen LogP contribution is 2.41. The number of nitrogens with one attached hydrogen (secondary N) is 1. The Morgan fingerprint density at radius 3 is 2.37 bits per heavy atom. The number of alkyl halides is 1. The second-order valence-electron chi connectivity index (χ2n) is 5.80. The van der Waals surface area contributed by atoms with E-state index >= 15 is 0 Å². The molecule has 3 heteroatoms. The van der Waals surface area contributed by atoms with Crippen molar-refractivity contribution < 1.29 is 4.79 Å². The smallest absolute Gasteiger partial charge is 0.251 e. The Hall–Kier alpha value is -0.830. The molecule has 1 aromatic rings. The molecule has 0 bridgehead atoms. The summed E-state index contributed by atoms with van der Waals surface area (Å²) >= 11 is 3.89. The molecule has 1 N–H and O–H groups in total. The zero-order valence-electron chi connectivity index (χ0n) is 11.7. The lowest BCUT2D eigenvalue weighted by Crippen LogP contribution is -2.42. The Labute approximate surface area is 124 Å². The summed E-state index contributed by atoms with van der Waals surface area (Å²) in [5, 5.41) is 3.15. The van der Waals surface area contributed by atoms with Crippen LogP contribution in [0.15, 0.2) is 30.3 Å². The van der Waals surface area contributed by atoms with E-state index in [0.29, 0.717) is 12.0 Å². The summed E-state index contributed by atoms with van der Waals surface area (Å²) in [6, 6.07) is 9.77. The van der Waals surface area contributed by atoms with E-state index in [1.165, 1.54) is 0 Å². The molecule has 1 aliphatic rings. The van der Waals surface area contributed by atoms with E-state index in [1.54, 1.807) is 0 Å². The van der Waals surface area contributed by atoms with Crippen LogP contribution in [0.1, 0.15) is 49.9 Å². The minimum atomic E-state index is 0.0530. The Kier molecular flexibility index (Phi) is 4.67. The highest BCUT2D eigenvalue weighted by molar-refractivity contribution is 9.10. The first-order valence-electron chi connectivity index (χ1n) is 7.06. The van der Waals surface area contributed by atoms with Gasteiger partial charge in [0, 0.05) is 15.9 Å². The molecule has 2 nitrogen and oxygen atoms in total. The first-order valence-corrected chi connectivity index (χ1v) is 7.85. The van der Waals surface area contributed by atoms with Crippen LogP contribution >= 0.6 is 15.9 Å². The molecule has 1 aromatic carbocycles. The summed E-state index contributed by atoms with van der Waals surface area (Å²) in [7, 11) is 0. The molecule has 19 heavy (non-hydrogen) atoms. The lowest BCUT2D eigenvalue weighted by atomic mass is 9.79. The maximum atomic E-state index is 12.1. The summed E-state index contributed by atoms with van der Waals surface area (Å²) in [5.41, 5.74) is 0.752. The van der Waals surface area contributed by atoms with Crippen molar-refractivity contribution >= 4 is 21.8 Å². The largest absolute Gasteiger partial charge is 0.349 e. The van der Waals surface area contributed by atoms with E-state index in [0.717, 1.165) is 31.2 Å². The standard InChI is InChI=1S/C16H22BrNO/c1-12(2)16(17)10-8-14(9-11-16)18-15(19)13-6-4-3-5-7-13/h3-7,12,14H,8-11H2,1-2H3,(H,18,19). The van der Waals surface area contributed by atoms with Gasteiger partial charge in [0.1, 0.15) is 0 Å². The molecule has 1 amide bonds. The number of carbonyl (C=O) groups excluding carboxylic acids is 1. The molecular weight excluding hydrogens is 302 g/mol. The van der Waals surface area contributed by atoms with Crippen LogP contribution in [0.5, 0.6) is 0 Å². The number of hydrogen-bond donors (Lipinski definition) is 1. The number of carbonyl (C=O) groups is 1. The van der Waals surface area contributed by atoms with Crippen LogP contribution in [0.2, 0.25) is 0 Å². The van der Waals surface area contributed by atoms with Gasteiger partial charge in [-0.05, 0) is 43.7 Å². The molecule has 0 atom stereocenters. The van der Waals surface area contributed by atoms with E-state index < -0.39 is 0 Å². The van der Waals surface area contributed by atoms with Crippen molar-refractivity contribution in [1.29, 1.82) is 0 Å². The molecule has 0 aromatic heterocycles. The van der Waals surface area contributed by atoms with Crippen LogP contribution in [0.3, 0.4) is 0 Å². The van der Waals surface area contributed by atoms with E-state index in [1.807, 2.05) is 30.3 Å². The van der Waals surface area contributed by atoms with Gasteiger partial charge in [-0.25, -0.2) is 0 Å². The Morgan fingerprint density at radius 2 is 1.84 bits per heavy atom. The third-order valence-corrected chi connectivity index (χ3v) is 5.93. The summed E-state index contributed by atoms with van der Waals surface area (Å²) in [6.07, 6.45) is 4.37. The van der Waals surface area contributed by atoms with Gasteiger partial charge in [0.25, 0.3) is 5.91 Å². The molecule has 0 unspecified atom stereocenters. The topological polar surface area (TPSA) is 29.1 Å². The zero-order chi connectivity index (χ0) is 13.9. The number of amides is 1. The van der Waals surface area contributed by atoms with Crippen LogP contribution in [0.4, 0.5) is 0 Å². The van der Waals surface area contributed by atoms with Crippen molar-refractivity contribution in [3.63, 3.8) is 0 Å². The van der Waals surface area contributed by atoms with Gasteiger partial charge in [-0.1, -0.05) is 48.0 Å². The van der Waals surface area contributed by atoms with Crippen molar-refractivity contribution in [3.8, 4) is 0 Å². The van der Waals surface area contributed by atoms with E-state index in [4.69, 9.17) is 0 Å². The van der Waals surface area contributed by atoms with Crippen LogP contribution < -0.4 is 5.32 Å². The highest BCUT2D eigenvalue weighted by Gasteiger charge is 2.35. The molecule has 0 radical (unpaired) electrons. The fourth-order valence-corrected chi connectivity index (χ4v) is 3.14. The molecular formula is C16H22BrNO. The van der Waals surface area contributed by atoms with E-state index in [9.17, 15) is 4.79 Å². The SMILES string of the molecule is CC(C)C1(Br)CCC(NC(=O)c2ccccc2)CC1. The highest BCUT2D eigenvalue weighted by atomic mass is 79.9. The predicted molar refractivity (Wildman–Crippen MR) is 82.7 cm³/mol. The van der Waals surface area contributed by atoms with Crippen molar-refractivity contribution in [2.24, 2.45) is 5.92 Å². The molecule has 1 aliphatic carbocycles. The summed E-state index contributed by atoms with van der Waals surface area (Å²) in [6.45, 7) is 4.52. The Morgan fingerprint density at radius 1 is 1.26 bits per heavy atom. The third-order valence-electron chi connectivity index (χ3n) is 4.22. The zero-order valence-corrected chi connectivity index (χ0v) is 13.2. The number of benzene rings is 1. The van der Waals surface area contributed by atoms with Crippen LogP contribution in [-0.4, -0.2) is 16.3 Å². The molecule has 1 saturated carbocycles. The quantitative estimate of drug-likeness (QED) is 0.832. The maximum absolute atomic E-state index is 12.1. The number of halogens is 1. The normalized spacial score (nSPS) is 27.3. The monoisotopic (exact) mass is 323 g/mol. The second-order valence-corrected chi connectivity index (χ2v) is 7.38. The van der Waals surface area contributed by atoms with Crippen LogP contribution in [-0.2, 0) is 0 Å². The summed E-state index contributed by atoms with van der Waals surface area (Å²) in [4.78, 5) is 12.1. The second kappa shape index (κ2) is 6.08. The number of hydrogen-bond acceptors (Lipinski definition) is 1. The van der Waals surface area contributed by atoms with Gasteiger partial charge in [-0.2, -0.15) is 0 Å². The fourth-order valence-electron chi connectivity index (χ4n) is 2.68. The Balaban J connectivity index is 1.88. The van der Waals surface area contributed by atoms with Gasteiger partial charge in [0.15, 0.2) is 0 Å². The average Bonchev–Trinajstić information content (AvgIpc) is 2.42. The fraction of sp³-hybridized carbons (Fsp3) is 0.562. The summed E-state index contributed by atoms with van der Waals surface area (Å²) in [5.74, 6) is 0.690. The lowest BCUT2D eigenvalue weighted by Gasteiger charge is -2.39. The predicted octanol–water partition coefficient (Wildman–Crippen LogP) is 4.15. The van der Waals surface area contributed by atoms with E-state index in [-0.39, 0.29) is 10.2 Å². The maximum Gasteiger partial charge on any atom is 0.251 e. The molecule has 2 rings (SSSR count). The first-order chi connectivity index (χ1) is 9.01. The Bertz CT molecular complexity index is 422. The van der Waals surface area contributed by atoms with Crippen molar-refractivity contribution in [1.82, 2.24) is 5.32 Å². The average molecular weight is 324 g/mol. The minimum Gasteiger partial charge on any atom is -0.349 e. The molecule has 0 heterocycles. The van der Waals surface area contributed by atoms with Gasteiger partial charge < -0.3 is 5.32 Å². The van der Waals surface area contributed by atoms with Gasteiger partial charge >= 0.3 is 0 Å². The van der Waals surface area contributed by atoms with Gasteiger partial charge in [-0.15, -0.1) is 0 Å². The summed E-state index contributed by atoms with van der Waals surface area (Å²) < 4.78 is 0.265. The van der Waals surface area contributed by atoms with E-state index in [2.05, 4.69) is 35.1 Å². The van der Waals surface area contributed by atoms with Crippen molar-refractivity contribution in [3.05, 3.63) is 35.9 Å². The third kappa shape index (κ3) is 3.59. The van der Waals surface area contributed by atoms with Gasteiger partial charge in [0.05, 0.1) is 0 Å². The molecule has 104 valence electrons. The molecule has 0 spiro atoms. The van der Waals surface area contributed by atoms with Crippen LogP contribution in [0, 0.1) is 5.92 Å². The van der Waals surface area contributed by atoms with Crippen molar-refractivity contribution in [2.45, 2.75) is 49.9 Å². The van der Waals surface area contributed by atoms with Gasteiger partial charge in [0.2, 0.25) is 0 Å². The molecule has 1 fully saturated rings. The minimum absolute atomic E-state index is 0.0530. The number of rotatable bonds is 3. The molecule has 0 aliphatic heterocycles. The van der Waals surface area contributed by atoms with Crippen LogP contribution in [0.25, 0.3) is 0 Å². The first kappa shape index (κ1) is 14.6. The lowest BCUT2D eigenvalue weighted by molar-refractivity contribution is 0.0922. The van der Waals surface area contributed by atoms with Gasteiger partial charge in [-0.3, -0.25) is 4.79 Å². The van der Waals surface area contributed by atoms with Crippen molar-refractivity contribution in [2.75, 3.05) is 0 Å².